The third-order valence-electron chi connectivity index (χ3n) is 9.21. The Hall–Kier alpha value is -4.49. The van der Waals surface area contributed by atoms with Crippen LogP contribution in [0.2, 0.25) is 0 Å². The predicted molar refractivity (Wildman–Crippen MR) is 221 cm³/mol. The molecule has 19 nitrogen and oxygen atoms in total. The fourth-order valence-corrected chi connectivity index (χ4v) is 6.10. The summed E-state index contributed by atoms with van der Waals surface area (Å²) in [6.07, 6.45) is 13.8. The van der Waals surface area contributed by atoms with E-state index in [1.807, 2.05) is 0 Å². The molecule has 0 bridgehead atoms. The van der Waals surface area contributed by atoms with Crippen LogP contribution in [0.15, 0.2) is 22.1 Å². The van der Waals surface area contributed by atoms with Crippen LogP contribution < -0.4 is 61.0 Å². The summed E-state index contributed by atoms with van der Waals surface area (Å²) < 4.78 is 0. The lowest BCUT2D eigenvalue weighted by atomic mass is 10.1. The van der Waals surface area contributed by atoms with Crippen molar-refractivity contribution in [3.05, 3.63) is 12.2 Å². The standard InChI is InChI=1S/C37H72N14O5/c38-19-8-7-14-29(48-31(52)17-5-2-1-3-10-25-51-26-13-20-44-24-27-51)34(55)45-21-9-4-6-18-32(53)49-30(16-12-23-47-37(42)43)35(56)50-28(33(39)54)15-11-22-46-36(40)41/h4,9,28-30,44H,1-3,5-8,10-27,38H2,(H2,39,54)(H,45,55)(H,48,52)(H,49,53)(H,50,56)(H4,40,41,46)(H4,42,43,47)/b9-4+/t28-,29-,30-/m1/s1. The zero-order valence-corrected chi connectivity index (χ0v) is 33.4. The zero-order valence-electron chi connectivity index (χ0n) is 33.4. The van der Waals surface area contributed by atoms with Crippen LogP contribution in [0.5, 0.6) is 0 Å². The highest BCUT2D eigenvalue weighted by Crippen LogP contribution is 2.09. The lowest BCUT2D eigenvalue weighted by Gasteiger charge is -2.22. The fourth-order valence-electron chi connectivity index (χ4n) is 6.10. The van der Waals surface area contributed by atoms with Gasteiger partial charge in [0.25, 0.3) is 0 Å². The first-order valence-corrected chi connectivity index (χ1v) is 20.3. The van der Waals surface area contributed by atoms with E-state index in [4.69, 9.17) is 34.4 Å². The highest BCUT2D eigenvalue weighted by Gasteiger charge is 2.25. The molecule has 19 heteroatoms. The van der Waals surface area contributed by atoms with Crippen LogP contribution in [0, 0.1) is 0 Å². The quantitative estimate of drug-likeness (QED) is 0.0161. The highest BCUT2D eigenvalue weighted by atomic mass is 16.2. The predicted octanol–water partition coefficient (Wildman–Crippen LogP) is -1.75. The topological polar surface area (TPSA) is 330 Å². The van der Waals surface area contributed by atoms with E-state index in [2.05, 4.69) is 41.5 Å². The SMILES string of the molecule is NCCCC[C@@H](NC(=O)CCCCCCCN1CCCNCC1)C(=O)NC/C=C/CCC(=O)N[C@H](CCCN=C(N)N)C(=O)N[C@H](CCCN=C(N)N)C(N)=O. The van der Waals surface area contributed by atoms with Gasteiger partial charge in [-0.2, -0.15) is 0 Å². The van der Waals surface area contributed by atoms with Gasteiger partial charge < -0.3 is 65.9 Å². The maximum atomic E-state index is 13.1. The second-order valence-corrected chi connectivity index (χ2v) is 14.1. The number of primary amides is 1. The molecule has 3 atom stereocenters. The lowest BCUT2D eigenvalue weighted by Crippen LogP contribution is -2.53. The summed E-state index contributed by atoms with van der Waals surface area (Å²) in [5.41, 5.74) is 32.6. The van der Waals surface area contributed by atoms with Gasteiger partial charge in [0.2, 0.25) is 29.5 Å². The van der Waals surface area contributed by atoms with Crippen LogP contribution in [0.4, 0.5) is 0 Å². The van der Waals surface area contributed by atoms with Gasteiger partial charge in [-0.1, -0.05) is 31.4 Å². The van der Waals surface area contributed by atoms with E-state index in [1.54, 1.807) is 12.2 Å². The maximum Gasteiger partial charge on any atom is 0.243 e. The molecule has 0 aromatic rings. The van der Waals surface area contributed by atoms with Crippen LogP contribution in [-0.2, 0) is 24.0 Å². The van der Waals surface area contributed by atoms with Gasteiger partial charge in [0.05, 0.1) is 0 Å². The monoisotopic (exact) mass is 793 g/mol. The van der Waals surface area contributed by atoms with Gasteiger partial charge in [-0.05, 0) is 96.8 Å². The number of amides is 5. The summed E-state index contributed by atoms with van der Waals surface area (Å²) in [4.78, 5) is 74.0. The first-order chi connectivity index (χ1) is 26.9. The summed E-state index contributed by atoms with van der Waals surface area (Å²) in [6.45, 7) is 6.76. The molecule has 0 aromatic carbocycles. The number of carbonyl (C=O) groups is 5. The maximum absolute atomic E-state index is 13.1. The van der Waals surface area contributed by atoms with E-state index in [1.165, 1.54) is 12.8 Å². The van der Waals surface area contributed by atoms with Crippen molar-refractivity contribution in [2.45, 2.75) is 121 Å². The van der Waals surface area contributed by atoms with Gasteiger partial charge in [0.15, 0.2) is 11.9 Å². The Morgan fingerprint density at radius 3 is 1.91 bits per heavy atom. The second-order valence-electron chi connectivity index (χ2n) is 14.1. The first kappa shape index (κ1) is 49.5. The number of guanidine groups is 2. The van der Waals surface area contributed by atoms with Crippen molar-refractivity contribution in [3.8, 4) is 0 Å². The Morgan fingerprint density at radius 1 is 0.643 bits per heavy atom. The average Bonchev–Trinajstić information content (AvgIpc) is 3.43. The molecule has 0 aromatic heterocycles. The second kappa shape index (κ2) is 31.7. The largest absolute Gasteiger partial charge is 0.370 e. The molecule has 5 amide bonds. The zero-order chi connectivity index (χ0) is 41.4. The summed E-state index contributed by atoms with van der Waals surface area (Å²) in [5, 5.41) is 14.5. The number of nitrogens with zero attached hydrogens (tertiary/aromatic N) is 3. The Kier molecular flexibility index (Phi) is 28.0. The average molecular weight is 793 g/mol. The lowest BCUT2D eigenvalue weighted by molar-refractivity contribution is -0.131. The van der Waals surface area contributed by atoms with Gasteiger partial charge in [0.1, 0.15) is 18.1 Å². The third-order valence-corrected chi connectivity index (χ3v) is 9.21. The first-order valence-electron chi connectivity index (χ1n) is 20.3. The number of aliphatic imine (C=N–C) groups is 2. The molecule has 1 rings (SSSR count). The number of nitrogens with two attached hydrogens (primary N) is 6. The van der Waals surface area contributed by atoms with Crippen molar-refractivity contribution in [3.63, 3.8) is 0 Å². The summed E-state index contributed by atoms with van der Waals surface area (Å²) >= 11 is 0. The van der Waals surface area contributed by atoms with E-state index >= 15 is 0 Å². The van der Waals surface area contributed by atoms with E-state index in [0.717, 1.165) is 64.8 Å². The molecule has 0 radical (unpaired) electrons. The number of allylic oxidation sites excluding steroid dienone is 1. The highest BCUT2D eigenvalue weighted by molar-refractivity contribution is 5.91. The minimum Gasteiger partial charge on any atom is -0.370 e. The normalized spacial score (nSPS) is 14.8. The van der Waals surface area contributed by atoms with Crippen molar-refractivity contribution < 1.29 is 24.0 Å². The number of unbranched alkanes of at least 4 members (excludes halogenated alkanes) is 5. The van der Waals surface area contributed by atoms with Crippen LogP contribution in [-0.4, -0.2) is 123 Å². The summed E-state index contributed by atoms with van der Waals surface area (Å²) in [6, 6.07) is -2.61. The van der Waals surface area contributed by atoms with Crippen LogP contribution in [0.1, 0.15) is 103 Å². The summed E-state index contributed by atoms with van der Waals surface area (Å²) in [7, 11) is 0. The molecule has 0 saturated carbocycles. The Morgan fingerprint density at radius 2 is 1.25 bits per heavy atom. The van der Waals surface area contributed by atoms with Crippen LogP contribution in [0.3, 0.4) is 0 Å². The Labute approximate surface area is 332 Å². The fraction of sp³-hybridized carbons (Fsp3) is 0.757. The molecule has 1 aliphatic rings. The minimum absolute atomic E-state index is 0.0633. The number of hydrogen-bond donors (Lipinski definition) is 11. The molecule has 0 aliphatic carbocycles. The molecule has 56 heavy (non-hydrogen) atoms. The molecule has 1 fully saturated rings. The smallest absolute Gasteiger partial charge is 0.243 e. The van der Waals surface area contributed by atoms with Crippen LogP contribution >= 0.6 is 0 Å². The van der Waals surface area contributed by atoms with Crippen LogP contribution in [0.25, 0.3) is 0 Å². The van der Waals surface area contributed by atoms with E-state index < -0.39 is 35.8 Å². The van der Waals surface area contributed by atoms with Gasteiger partial charge in [-0.15, -0.1) is 0 Å². The van der Waals surface area contributed by atoms with E-state index in [-0.39, 0.29) is 62.6 Å². The molecule has 0 unspecified atom stereocenters. The Bertz CT molecular complexity index is 1230. The molecule has 1 saturated heterocycles. The van der Waals surface area contributed by atoms with Gasteiger partial charge in [-0.25, -0.2) is 0 Å². The third kappa shape index (κ3) is 26.3. The molecule has 0 spiro atoms. The number of nitrogens with one attached hydrogen (secondary N) is 5. The van der Waals surface area contributed by atoms with Gasteiger partial charge in [-0.3, -0.25) is 34.0 Å². The van der Waals surface area contributed by atoms with Gasteiger partial charge in [0, 0.05) is 45.6 Å². The number of carbonyl (C=O) groups excluding carboxylic acids is 5. The Balaban J connectivity index is 2.53. The number of rotatable bonds is 31. The molecule has 17 N–H and O–H groups in total. The number of hydrogen-bond acceptors (Lipinski definition) is 10. The molecule has 1 heterocycles. The van der Waals surface area contributed by atoms with Crippen molar-refractivity contribution >= 4 is 41.5 Å². The van der Waals surface area contributed by atoms with Crippen molar-refractivity contribution in [1.82, 2.24) is 31.5 Å². The molecule has 1 aliphatic heterocycles. The van der Waals surface area contributed by atoms with E-state index in [9.17, 15) is 24.0 Å². The van der Waals surface area contributed by atoms with Crippen molar-refractivity contribution in [2.75, 3.05) is 58.9 Å². The van der Waals surface area contributed by atoms with Gasteiger partial charge >= 0.3 is 0 Å². The van der Waals surface area contributed by atoms with E-state index in [0.29, 0.717) is 45.1 Å². The summed E-state index contributed by atoms with van der Waals surface area (Å²) in [5.74, 6) is -2.29. The molecular weight excluding hydrogens is 720 g/mol. The van der Waals surface area contributed by atoms with Crippen molar-refractivity contribution in [2.24, 2.45) is 44.4 Å². The van der Waals surface area contributed by atoms with Crippen molar-refractivity contribution in [1.29, 1.82) is 0 Å². The minimum atomic E-state index is -0.988. The molecule has 320 valence electrons. The molecular formula is C37H72N14O5.